The van der Waals surface area contributed by atoms with E-state index in [1.54, 1.807) is 11.1 Å². The molecule has 0 saturated carbocycles. The lowest BCUT2D eigenvalue weighted by Crippen LogP contribution is -2.35. The number of carbonyl (C=O) groups is 1. The fourth-order valence-corrected chi connectivity index (χ4v) is 3.79. The van der Waals surface area contributed by atoms with Gasteiger partial charge < -0.3 is 14.2 Å². The first kappa shape index (κ1) is 22.8. The Morgan fingerprint density at radius 2 is 1.79 bits per heavy atom. The van der Waals surface area contributed by atoms with Crippen molar-refractivity contribution in [1.82, 2.24) is 14.9 Å². The van der Waals surface area contributed by atoms with Crippen molar-refractivity contribution in [3.63, 3.8) is 0 Å². The van der Waals surface area contributed by atoms with Crippen LogP contribution in [0.1, 0.15) is 29.9 Å². The van der Waals surface area contributed by atoms with Crippen molar-refractivity contribution >= 4 is 11.7 Å². The summed E-state index contributed by atoms with van der Waals surface area (Å²) in [6.07, 6.45) is -0.476. The summed E-state index contributed by atoms with van der Waals surface area (Å²) >= 11 is 0. The van der Waals surface area contributed by atoms with Crippen molar-refractivity contribution in [2.45, 2.75) is 32.4 Å². The number of carbonyl (C=O) groups excluding carboxylic acids is 1. The molecule has 1 aliphatic rings. The third-order valence-corrected chi connectivity index (χ3v) is 5.69. The zero-order valence-corrected chi connectivity index (χ0v) is 18.3. The fraction of sp³-hybridized carbons (Fsp3) is 0.375. The molecule has 0 spiro atoms. The van der Waals surface area contributed by atoms with E-state index in [1.165, 1.54) is 6.07 Å². The maximum absolute atomic E-state index is 12.8. The van der Waals surface area contributed by atoms with Crippen LogP contribution >= 0.6 is 0 Å². The van der Waals surface area contributed by atoms with Gasteiger partial charge in [-0.15, -0.1) is 0 Å². The molecule has 4 rings (SSSR count). The van der Waals surface area contributed by atoms with Gasteiger partial charge in [0.25, 0.3) is 0 Å². The molecule has 3 heterocycles. The highest BCUT2D eigenvalue weighted by molar-refractivity contribution is 5.76. The Balaban J connectivity index is 1.30. The molecule has 33 heavy (non-hydrogen) atoms. The molecule has 1 aliphatic heterocycles. The monoisotopic (exact) mass is 458 g/mol. The summed E-state index contributed by atoms with van der Waals surface area (Å²) in [7, 11) is 0. The van der Waals surface area contributed by atoms with Gasteiger partial charge in [0.05, 0.1) is 11.8 Å². The minimum Gasteiger partial charge on any atom is -0.441 e. The second kappa shape index (κ2) is 9.64. The first-order valence-corrected chi connectivity index (χ1v) is 10.9. The van der Waals surface area contributed by atoms with E-state index in [1.807, 2.05) is 36.1 Å². The molecular weight excluding hydrogens is 433 g/mol. The van der Waals surface area contributed by atoms with Gasteiger partial charge in [0, 0.05) is 50.8 Å². The van der Waals surface area contributed by atoms with Crippen LogP contribution in [0.4, 0.5) is 19.0 Å². The third kappa shape index (κ3) is 5.71. The number of alkyl halides is 3. The number of aromatic nitrogens is 2. The largest absolute Gasteiger partial charge is 0.441 e. The van der Waals surface area contributed by atoms with Gasteiger partial charge in [-0.05, 0) is 25.5 Å². The highest BCUT2D eigenvalue weighted by atomic mass is 19.4. The van der Waals surface area contributed by atoms with Gasteiger partial charge in [-0.2, -0.15) is 13.2 Å². The minimum atomic E-state index is -4.41. The van der Waals surface area contributed by atoms with E-state index in [0.29, 0.717) is 56.5 Å². The number of anilines is 1. The number of oxazole rings is 1. The second-order valence-corrected chi connectivity index (χ2v) is 8.11. The lowest BCUT2D eigenvalue weighted by molar-refractivity contribution is -0.137. The van der Waals surface area contributed by atoms with Crippen LogP contribution in [0.15, 0.2) is 53.2 Å². The van der Waals surface area contributed by atoms with E-state index in [-0.39, 0.29) is 12.3 Å². The van der Waals surface area contributed by atoms with Crippen LogP contribution in [0.5, 0.6) is 0 Å². The van der Waals surface area contributed by atoms with Crippen LogP contribution in [0.3, 0.4) is 0 Å². The van der Waals surface area contributed by atoms with Gasteiger partial charge in [-0.25, -0.2) is 9.97 Å². The smallest absolute Gasteiger partial charge is 0.417 e. The molecule has 0 atom stereocenters. The minimum absolute atomic E-state index is 0.00677. The Hall–Kier alpha value is -3.36. The summed E-state index contributed by atoms with van der Waals surface area (Å²) in [6, 6.07) is 10.4. The van der Waals surface area contributed by atoms with Crippen LogP contribution in [0.25, 0.3) is 11.3 Å². The second-order valence-electron chi connectivity index (χ2n) is 8.11. The predicted octanol–water partition coefficient (Wildman–Crippen LogP) is 4.74. The number of benzene rings is 1. The van der Waals surface area contributed by atoms with Crippen LogP contribution in [0.2, 0.25) is 0 Å². The Bertz CT molecular complexity index is 1080. The molecule has 0 bridgehead atoms. The van der Waals surface area contributed by atoms with Crippen molar-refractivity contribution in [3.8, 4) is 11.3 Å². The van der Waals surface area contributed by atoms with E-state index in [9.17, 15) is 18.0 Å². The van der Waals surface area contributed by atoms with Crippen LogP contribution < -0.4 is 4.90 Å². The first-order chi connectivity index (χ1) is 15.8. The number of halogens is 3. The maximum Gasteiger partial charge on any atom is 0.417 e. The van der Waals surface area contributed by atoms with Gasteiger partial charge >= 0.3 is 6.18 Å². The molecule has 0 aliphatic carbocycles. The number of aryl methyl sites for hydroxylation is 2. The van der Waals surface area contributed by atoms with E-state index in [4.69, 9.17) is 4.42 Å². The number of hydrogen-bond donors (Lipinski definition) is 0. The number of hydrogen-bond acceptors (Lipinski definition) is 5. The molecule has 1 amide bonds. The summed E-state index contributed by atoms with van der Waals surface area (Å²) in [5, 5.41) is 0. The van der Waals surface area contributed by atoms with Gasteiger partial charge in [0.2, 0.25) is 5.91 Å². The predicted molar refractivity (Wildman–Crippen MR) is 118 cm³/mol. The standard InChI is InChI=1S/C24H25F3N4O2/c1-17-3-5-18(6-4-17)20-16-29-22(33-20)9-10-23(32)31-12-2-11-30(13-14-31)21-8-7-19(15-28-21)24(25,26)27/h3-8,15-16H,2,9-14H2,1H3. The highest BCUT2D eigenvalue weighted by Gasteiger charge is 2.31. The molecule has 0 unspecified atom stereocenters. The number of pyridine rings is 1. The van der Waals surface area contributed by atoms with E-state index < -0.39 is 11.7 Å². The maximum atomic E-state index is 12.8. The molecule has 2 aromatic heterocycles. The zero-order valence-electron chi connectivity index (χ0n) is 18.3. The number of amides is 1. The molecule has 174 valence electrons. The Morgan fingerprint density at radius 3 is 2.48 bits per heavy atom. The summed E-state index contributed by atoms with van der Waals surface area (Å²) in [5.41, 5.74) is 1.33. The summed E-state index contributed by atoms with van der Waals surface area (Å²) in [4.78, 5) is 24.7. The van der Waals surface area contributed by atoms with E-state index in [2.05, 4.69) is 9.97 Å². The molecule has 3 aromatic rings. The number of rotatable bonds is 5. The first-order valence-electron chi connectivity index (χ1n) is 10.9. The van der Waals surface area contributed by atoms with Crippen molar-refractivity contribution in [3.05, 3.63) is 65.8 Å². The SMILES string of the molecule is Cc1ccc(-c2cnc(CCC(=O)N3CCCN(c4ccc(C(F)(F)F)cn4)CC3)o2)cc1. The van der Waals surface area contributed by atoms with E-state index in [0.717, 1.165) is 23.4 Å². The Morgan fingerprint density at radius 1 is 1.00 bits per heavy atom. The Labute approximate surface area is 190 Å². The Kier molecular flexibility index (Phi) is 6.67. The van der Waals surface area contributed by atoms with Crippen LogP contribution in [-0.2, 0) is 17.4 Å². The molecule has 1 aromatic carbocycles. The van der Waals surface area contributed by atoms with Crippen molar-refractivity contribution in [1.29, 1.82) is 0 Å². The summed E-state index contributed by atoms with van der Waals surface area (Å²) < 4.78 is 44.1. The summed E-state index contributed by atoms with van der Waals surface area (Å²) in [5.74, 6) is 1.68. The quantitative estimate of drug-likeness (QED) is 0.553. The lowest BCUT2D eigenvalue weighted by atomic mass is 10.1. The lowest BCUT2D eigenvalue weighted by Gasteiger charge is -2.23. The molecule has 0 N–H and O–H groups in total. The fourth-order valence-electron chi connectivity index (χ4n) is 3.79. The highest BCUT2D eigenvalue weighted by Crippen LogP contribution is 2.29. The van der Waals surface area contributed by atoms with Gasteiger partial charge in [0.1, 0.15) is 5.82 Å². The van der Waals surface area contributed by atoms with Crippen molar-refractivity contribution in [2.24, 2.45) is 0 Å². The molecular formula is C24H25F3N4O2. The van der Waals surface area contributed by atoms with Crippen molar-refractivity contribution < 1.29 is 22.4 Å². The van der Waals surface area contributed by atoms with Gasteiger partial charge in [0.15, 0.2) is 11.7 Å². The van der Waals surface area contributed by atoms with Crippen LogP contribution in [-0.4, -0.2) is 47.0 Å². The molecule has 1 fully saturated rings. The van der Waals surface area contributed by atoms with Crippen molar-refractivity contribution in [2.75, 3.05) is 31.1 Å². The topological polar surface area (TPSA) is 62.5 Å². The van der Waals surface area contributed by atoms with Gasteiger partial charge in [-0.3, -0.25) is 4.79 Å². The zero-order chi connectivity index (χ0) is 23.4. The van der Waals surface area contributed by atoms with Gasteiger partial charge in [-0.1, -0.05) is 29.8 Å². The molecule has 0 radical (unpaired) electrons. The molecule has 1 saturated heterocycles. The number of nitrogens with zero attached hydrogens (tertiary/aromatic N) is 4. The third-order valence-electron chi connectivity index (χ3n) is 5.69. The normalized spacial score (nSPS) is 14.9. The average molecular weight is 458 g/mol. The van der Waals surface area contributed by atoms with E-state index >= 15 is 0 Å². The van der Waals surface area contributed by atoms with Crippen LogP contribution in [0, 0.1) is 6.92 Å². The molecule has 9 heteroatoms. The summed E-state index contributed by atoms with van der Waals surface area (Å²) in [6.45, 7) is 4.24. The molecule has 6 nitrogen and oxygen atoms in total. The average Bonchev–Trinajstić information content (AvgIpc) is 3.13.